The molecule has 2 heteroatoms. The van der Waals surface area contributed by atoms with E-state index in [4.69, 9.17) is 16.2 Å². The highest BCUT2D eigenvalue weighted by Gasteiger charge is 2.24. The van der Waals surface area contributed by atoms with Crippen LogP contribution in [0.2, 0.25) is 0 Å². The third-order valence-electron chi connectivity index (χ3n) is 4.52. The second kappa shape index (κ2) is 7.64. The average molecular weight is 273 g/mol. The van der Waals surface area contributed by atoms with Gasteiger partial charge in [0.2, 0.25) is 0 Å². The highest BCUT2D eigenvalue weighted by Crippen LogP contribution is 2.29. The zero-order valence-electron chi connectivity index (χ0n) is 13.0. The second-order valence-corrected chi connectivity index (χ2v) is 6.16. The van der Waals surface area contributed by atoms with E-state index < -0.39 is 0 Å². The Kier molecular flexibility index (Phi) is 5.86. The molecule has 0 N–H and O–H groups in total. The minimum Gasteiger partial charge on any atom is -0.381 e. The van der Waals surface area contributed by atoms with Gasteiger partial charge in [-0.3, -0.25) is 4.99 Å². The van der Waals surface area contributed by atoms with Crippen LogP contribution in [0.3, 0.4) is 0 Å². The largest absolute Gasteiger partial charge is 0.381 e. The molecule has 2 aliphatic rings. The molecule has 0 aromatic heterocycles. The molecule has 2 nitrogen and oxygen atoms in total. The van der Waals surface area contributed by atoms with E-state index in [2.05, 4.69) is 19.8 Å². The molecule has 2 rings (SSSR count). The monoisotopic (exact) mass is 273 g/mol. The lowest BCUT2D eigenvalue weighted by Gasteiger charge is -2.28. The molecule has 1 heterocycles. The van der Waals surface area contributed by atoms with Crippen molar-refractivity contribution in [1.82, 2.24) is 0 Å². The van der Waals surface area contributed by atoms with Gasteiger partial charge in [0, 0.05) is 29.5 Å². The molecular weight excluding hydrogens is 246 g/mol. The van der Waals surface area contributed by atoms with E-state index >= 15 is 0 Å². The molecule has 1 fully saturated rings. The van der Waals surface area contributed by atoms with Gasteiger partial charge in [0.1, 0.15) is 0 Å². The van der Waals surface area contributed by atoms with E-state index in [-0.39, 0.29) is 0 Å². The first-order valence-electron chi connectivity index (χ1n) is 8.05. The topological polar surface area (TPSA) is 21.6 Å². The predicted molar refractivity (Wildman–Crippen MR) is 84.8 cm³/mol. The quantitative estimate of drug-likeness (QED) is 0.650. The summed E-state index contributed by atoms with van der Waals surface area (Å²) in [6.45, 7) is 5.93. The summed E-state index contributed by atoms with van der Waals surface area (Å²) in [4.78, 5) is 4.97. The van der Waals surface area contributed by atoms with Crippen molar-refractivity contribution in [2.75, 3.05) is 13.2 Å². The van der Waals surface area contributed by atoms with Crippen LogP contribution in [-0.2, 0) is 4.74 Å². The van der Waals surface area contributed by atoms with Crippen molar-refractivity contribution in [1.29, 1.82) is 0 Å². The normalized spacial score (nSPS) is 30.4. The van der Waals surface area contributed by atoms with Gasteiger partial charge in [-0.05, 0) is 38.5 Å². The van der Waals surface area contributed by atoms with Crippen molar-refractivity contribution >= 4 is 5.71 Å². The maximum Gasteiger partial charge on any atom is 0.0544 e. The molecule has 1 aliphatic heterocycles. The van der Waals surface area contributed by atoms with Crippen LogP contribution in [-0.4, -0.2) is 18.9 Å². The zero-order chi connectivity index (χ0) is 14.4. The molecule has 1 aliphatic carbocycles. The van der Waals surface area contributed by atoms with Gasteiger partial charge in [0.05, 0.1) is 6.61 Å². The molecule has 0 aromatic rings. The molecule has 0 aromatic carbocycles. The summed E-state index contributed by atoms with van der Waals surface area (Å²) in [6, 6.07) is 0. The number of rotatable bonds is 1. The zero-order valence-corrected chi connectivity index (χ0v) is 13.0. The summed E-state index contributed by atoms with van der Waals surface area (Å²) in [6.07, 6.45) is 14.2. The number of ether oxygens (including phenoxy) is 1. The van der Waals surface area contributed by atoms with Crippen LogP contribution in [0.1, 0.15) is 58.8 Å². The lowest BCUT2D eigenvalue weighted by Crippen LogP contribution is -2.28. The van der Waals surface area contributed by atoms with E-state index in [9.17, 15) is 0 Å². The van der Waals surface area contributed by atoms with Crippen molar-refractivity contribution in [3.8, 4) is 12.3 Å². The Morgan fingerprint density at radius 3 is 2.65 bits per heavy atom. The number of allylic oxidation sites excluding steroid dienone is 2. The Hall–Kier alpha value is -1.07. The Labute approximate surface area is 123 Å². The minimum atomic E-state index is 0.408. The van der Waals surface area contributed by atoms with Gasteiger partial charge in [0.15, 0.2) is 0 Å². The van der Waals surface area contributed by atoms with Crippen LogP contribution in [0.4, 0.5) is 0 Å². The van der Waals surface area contributed by atoms with Gasteiger partial charge in [-0.2, -0.15) is 0 Å². The van der Waals surface area contributed by atoms with E-state index in [1.165, 1.54) is 37.8 Å². The molecule has 1 saturated carbocycles. The number of aliphatic imine (C=N–C) groups is 1. The highest BCUT2D eigenvalue weighted by molar-refractivity contribution is 5.90. The van der Waals surface area contributed by atoms with Crippen LogP contribution in [0.25, 0.3) is 0 Å². The number of hydrogen-bond donors (Lipinski definition) is 0. The van der Waals surface area contributed by atoms with Gasteiger partial charge in [-0.25, -0.2) is 0 Å². The van der Waals surface area contributed by atoms with Crippen LogP contribution in [0, 0.1) is 24.2 Å². The molecule has 0 radical (unpaired) electrons. The van der Waals surface area contributed by atoms with Gasteiger partial charge in [-0.1, -0.05) is 32.1 Å². The summed E-state index contributed by atoms with van der Waals surface area (Å²) in [5, 5.41) is 0. The fourth-order valence-electron chi connectivity index (χ4n) is 3.32. The molecular formula is C18H27NO. The molecule has 20 heavy (non-hydrogen) atoms. The number of nitrogens with zero attached hydrogens (tertiary/aromatic N) is 1. The predicted octanol–water partition coefficient (Wildman–Crippen LogP) is 4.36. The first-order valence-corrected chi connectivity index (χ1v) is 8.05. The van der Waals surface area contributed by atoms with Crippen LogP contribution in [0.5, 0.6) is 0 Å². The smallest absolute Gasteiger partial charge is 0.0544 e. The maximum atomic E-state index is 5.80. The van der Waals surface area contributed by atoms with Gasteiger partial charge in [0.25, 0.3) is 0 Å². The summed E-state index contributed by atoms with van der Waals surface area (Å²) in [5.74, 6) is 3.87. The number of hydrogen-bond acceptors (Lipinski definition) is 2. The molecule has 0 spiro atoms. The lowest BCUT2D eigenvalue weighted by atomic mass is 9.81. The maximum absolute atomic E-state index is 5.80. The minimum absolute atomic E-state index is 0.408. The Morgan fingerprint density at radius 1 is 1.20 bits per heavy atom. The van der Waals surface area contributed by atoms with Crippen LogP contribution in [0.15, 0.2) is 16.3 Å². The van der Waals surface area contributed by atoms with Gasteiger partial charge in [-0.15, -0.1) is 6.42 Å². The van der Waals surface area contributed by atoms with Crippen molar-refractivity contribution in [2.45, 2.75) is 58.8 Å². The standard InChI is InChI=1S/C18H27NO/c1-4-16-11-8-12-20-13-14(2)18(19-15(16)3)17-9-6-5-7-10-17/h1,14,17H,5-13H2,2-3H3/b16-15-,19-18?. The van der Waals surface area contributed by atoms with E-state index in [0.717, 1.165) is 37.3 Å². The Balaban J connectivity index is 2.29. The fraction of sp³-hybridized carbons (Fsp3) is 0.722. The Morgan fingerprint density at radius 2 is 1.95 bits per heavy atom. The third kappa shape index (κ3) is 3.96. The molecule has 0 bridgehead atoms. The summed E-state index contributed by atoms with van der Waals surface area (Å²) in [5.41, 5.74) is 3.44. The molecule has 0 saturated heterocycles. The van der Waals surface area contributed by atoms with E-state index in [1.807, 2.05) is 0 Å². The molecule has 110 valence electrons. The molecule has 1 atom stereocenters. The third-order valence-corrected chi connectivity index (χ3v) is 4.52. The summed E-state index contributed by atoms with van der Waals surface area (Å²) < 4.78 is 5.80. The highest BCUT2D eigenvalue weighted by atomic mass is 16.5. The fourth-order valence-corrected chi connectivity index (χ4v) is 3.32. The van der Waals surface area contributed by atoms with Crippen molar-refractivity contribution in [3.63, 3.8) is 0 Å². The van der Waals surface area contributed by atoms with Gasteiger partial charge < -0.3 is 4.74 Å². The van der Waals surface area contributed by atoms with Crippen LogP contribution >= 0.6 is 0 Å². The first kappa shape index (κ1) is 15.3. The SMILES string of the molecule is C#C/C1=C(\C)N=C(C2CCCCC2)C(C)COCCC1. The van der Waals surface area contributed by atoms with Crippen molar-refractivity contribution in [3.05, 3.63) is 11.3 Å². The van der Waals surface area contributed by atoms with Crippen molar-refractivity contribution in [2.24, 2.45) is 16.8 Å². The Bertz CT molecular complexity index is 421. The van der Waals surface area contributed by atoms with E-state index in [0.29, 0.717) is 11.8 Å². The molecule has 0 amide bonds. The van der Waals surface area contributed by atoms with Gasteiger partial charge >= 0.3 is 0 Å². The van der Waals surface area contributed by atoms with Crippen LogP contribution < -0.4 is 0 Å². The lowest BCUT2D eigenvalue weighted by molar-refractivity contribution is 0.117. The first-order chi connectivity index (χ1) is 9.72. The van der Waals surface area contributed by atoms with E-state index in [1.54, 1.807) is 0 Å². The second-order valence-electron chi connectivity index (χ2n) is 6.16. The average Bonchev–Trinajstić information content (AvgIpc) is 2.48. The van der Waals surface area contributed by atoms with Crippen molar-refractivity contribution < 1.29 is 4.74 Å². The summed E-state index contributed by atoms with van der Waals surface area (Å²) >= 11 is 0. The molecule has 1 unspecified atom stereocenters. The summed E-state index contributed by atoms with van der Waals surface area (Å²) in [7, 11) is 0. The number of terminal acetylenes is 1.